The molecule has 1 fully saturated rings. The molecule has 6 nitrogen and oxygen atoms in total. The van der Waals surface area contributed by atoms with Crippen LogP contribution in [0.15, 0.2) is 48.7 Å². The Morgan fingerprint density at radius 3 is 2.67 bits per heavy atom. The van der Waals surface area contributed by atoms with Crippen LogP contribution in [-0.4, -0.2) is 41.6 Å². The summed E-state index contributed by atoms with van der Waals surface area (Å²) in [5, 5.41) is 3.22. The Morgan fingerprint density at radius 1 is 1.19 bits per heavy atom. The number of carbonyl (C=O) groups excluding carboxylic acids is 1. The van der Waals surface area contributed by atoms with Crippen molar-refractivity contribution in [3.63, 3.8) is 0 Å². The van der Waals surface area contributed by atoms with Crippen LogP contribution in [0.2, 0.25) is 5.15 Å². The number of fused-ring (bicyclic) bond motifs is 1. The van der Waals surface area contributed by atoms with Gasteiger partial charge in [0.15, 0.2) is 10.8 Å². The van der Waals surface area contributed by atoms with Gasteiger partial charge in [-0.25, -0.2) is 4.98 Å². The number of morpholine rings is 1. The highest BCUT2D eigenvalue weighted by Crippen LogP contribution is 2.22. The largest absolute Gasteiger partial charge is 0.378 e. The molecular formula is C20H21ClN4O2. The van der Waals surface area contributed by atoms with Crippen molar-refractivity contribution in [2.45, 2.75) is 13.0 Å². The van der Waals surface area contributed by atoms with Gasteiger partial charge in [-0.2, -0.15) is 0 Å². The van der Waals surface area contributed by atoms with Gasteiger partial charge in [-0.05, 0) is 36.8 Å². The molecule has 0 bridgehead atoms. The average Bonchev–Trinajstić information content (AvgIpc) is 3.04. The lowest BCUT2D eigenvalue weighted by Crippen LogP contribution is -2.36. The molecule has 2 aromatic heterocycles. The second-order valence-electron chi connectivity index (χ2n) is 6.57. The summed E-state index contributed by atoms with van der Waals surface area (Å²) in [5.74, 6) is -0.247. The zero-order chi connectivity index (χ0) is 18.8. The number of halogens is 1. The van der Waals surface area contributed by atoms with E-state index in [4.69, 9.17) is 16.3 Å². The average molecular weight is 385 g/mol. The van der Waals surface area contributed by atoms with Crippen LogP contribution in [0.3, 0.4) is 0 Å². The number of imidazole rings is 1. The number of carbonyl (C=O) groups is 1. The van der Waals surface area contributed by atoms with Gasteiger partial charge in [0.25, 0.3) is 5.91 Å². The fourth-order valence-corrected chi connectivity index (χ4v) is 3.58. The number of anilines is 1. The lowest BCUT2D eigenvalue weighted by molar-refractivity contribution is 0.0934. The summed E-state index contributed by atoms with van der Waals surface area (Å²) in [5.41, 5.74) is 3.20. The first-order valence-corrected chi connectivity index (χ1v) is 9.37. The van der Waals surface area contributed by atoms with Gasteiger partial charge >= 0.3 is 0 Å². The number of hydrogen-bond acceptors (Lipinski definition) is 4. The van der Waals surface area contributed by atoms with Gasteiger partial charge < -0.3 is 15.0 Å². The van der Waals surface area contributed by atoms with E-state index in [-0.39, 0.29) is 17.1 Å². The summed E-state index contributed by atoms with van der Waals surface area (Å²) >= 11 is 6.19. The smallest absolute Gasteiger partial charge is 0.272 e. The van der Waals surface area contributed by atoms with Gasteiger partial charge in [0.2, 0.25) is 0 Å². The van der Waals surface area contributed by atoms with Gasteiger partial charge in [0.1, 0.15) is 5.65 Å². The van der Waals surface area contributed by atoms with E-state index in [0.717, 1.165) is 31.9 Å². The summed E-state index contributed by atoms with van der Waals surface area (Å²) in [7, 11) is 0. The second kappa shape index (κ2) is 7.58. The first-order chi connectivity index (χ1) is 13.1. The molecule has 27 heavy (non-hydrogen) atoms. The van der Waals surface area contributed by atoms with Crippen LogP contribution in [0, 0.1) is 0 Å². The number of amides is 1. The SMILES string of the molecule is C[C@H](NC(=O)c1c(Cl)nc2ccccn12)c1ccc(N2CCOCC2)cc1. The normalized spacial score (nSPS) is 15.7. The van der Waals surface area contributed by atoms with Crippen molar-refractivity contribution >= 4 is 28.8 Å². The van der Waals surface area contributed by atoms with Crippen LogP contribution in [0.1, 0.15) is 29.0 Å². The minimum atomic E-state index is -0.247. The van der Waals surface area contributed by atoms with Gasteiger partial charge in [0.05, 0.1) is 19.3 Å². The van der Waals surface area contributed by atoms with E-state index in [1.807, 2.05) is 37.3 Å². The van der Waals surface area contributed by atoms with E-state index in [9.17, 15) is 4.79 Å². The molecule has 1 aliphatic rings. The zero-order valence-corrected chi connectivity index (χ0v) is 15.8. The lowest BCUT2D eigenvalue weighted by Gasteiger charge is -2.29. The predicted octanol–water partition coefficient (Wildman–Crippen LogP) is 3.32. The van der Waals surface area contributed by atoms with Gasteiger partial charge in [-0.15, -0.1) is 0 Å². The zero-order valence-electron chi connectivity index (χ0n) is 15.1. The van der Waals surface area contributed by atoms with Crippen LogP contribution < -0.4 is 10.2 Å². The molecule has 0 radical (unpaired) electrons. The quantitative estimate of drug-likeness (QED) is 0.749. The topological polar surface area (TPSA) is 58.9 Å². The summed E-state index contributed by atoms with van der Waals surface area (Å²) in [4.78, 5) is 19.3. The first kappa shape index (κ1) is 17.8. The van der Waals surface area contributed by atoms with Crippen molar-refractivity contribution in [2.24, 2.45) is 0 Å². The lowest BCUT2D eigenvalue weighted by atomic mass is 10.1. The van der Waals surface area contributed by atoms with Gasteiger partial charge in [0, 0.05) is 25.0 Å². The second-order valence-corrected chi connectivity index (χ2v) is 6.92. The van der Waals surface area contributed by atoms with E-state index in [1.54, 1.807) is 10.6 Å². The molecule has 1 N–H and O–H groups in total. The van der Waals surface area contributed by atoms with E-state index in [2.05, 4.69) is 27.3 Å². The van der Waals surface area contributed by atoms with E-state index in [1.165, 1.54) is 5.69 Å². The summed E-state index contributed by atoms with van der Waals surface area (Å²) in [6, 6.07) is 13.6. The van der Waals surface area contributed by atoms with E-state index >= 15 is 0 Å². The number of rotatable bonds is 4. The number of hydrogen-bond donors (Lipinski definition) is 1. The molecule has 0 spiro atoms. The molecular weight excluding hydrogens is 364 g/mol. The molecule has 1 saturated heterocycles. The van der Waals surface area contributed by atoms with Crippen molar-refractivity contribution in [2.75, 3.05) is 31.2 Å². The summed E-state index contributed by atoms with van der Waals surface area (Å²) in [6.45, 7) is 5.28. The monoisotopic (exact) mass is 384 g/mol. The Morgan fingerprint density at radius 2 is 1.93 bits per heavy atom. The Labute approximate surface area is 162 Å². The molecule has 140 valence electrons. The third kappa shape index (κ3) is 3.63. The fraction of sp³-hybridized carbons (Fsp3) is 0.300. The molecule has 1 atom stereocenters. The predicted molar refractivity (Wildman–Crippen MR) is 106 cm³/mol. The maximum atomic E-state index is 12.8. The maximum Gasteiger partial charge on any atom is 0.272 e. The highest BCUT2D eigenvalue weighted by molar-refractivity contribution is 6.32. The Kier molecular flexibility index (Phi) is 5.01. The molecule has 1 amide bonds. The number of pyridine rings is 1. The molecule has 4 rings (SSSR count). The van der Waals surface area contributed by atoms with Crippen molar-refractivity contribution in [1.82, 2.24) is 14.7 Å². The first-order valence-electron chi connectivity index (χ1n) is 8.99. The standard InChI is InChI=1S/C20H21ClN4O2/c1-14(15-5-7-16(8-6-15)24-10-12-27-13-11-24)22-20(26)18-19(21)23-17-4-2-3-9-25(17)18/h2-9,14H,10-13H2,1H3,(H,22,26)/t14-/m0/s1. The highest BCUT2D eigenvalue weighted by atomic mass is 35.5. The molecule has 7 heteroatoms. The van der Waals surface area contributed by atoms with Crippen LogP contribution in [0.5, 0.6) is 0 Å². The van der Waals surface area contributed by atoms with Gasteiger partial charge in [-0.1, -0.05) is 29.8 Å². The highest BCUT2D eigenvalue weighted by Gasteiger charge is 2.20. The molecule has 3 heterocycles. The van der Waals surface area contributed by atoms with Crippen LogP contribution in [-0.2, 0) is 4.74 Å². The third-order valence-corrected chi connectivity index (χ3v) is 5.08. The third-order valence-electron chi connectivity index (χ3n) is 4.82. The Balaban J connectivity index is 1.49. The van der Waals surface area contributed by atoms with Crippen molar-refractivity contribution in [3.05, 3.63) is 65.1 Å². The molecule has 1 aromatic carbocycles. The molecule has 0 saturated carbocycles. The minimum absolute atomic E-state index is 0.151. The molecule has 3 aromatic rings. The molecule has 0 unspecified atom stereocenters. The summed E-state index contributed by atoms with van der Waals surface area (Å²) < 4.78 is 7.10. The van der Waals surface area contributed by atoms with Crippen LogP contribution in [0.25, 0.3) is 5.65 Å². The fourth-order valence-electron chi connectivity index (χ4n) is 3.31. The number of benzene rings is 1. The Bertz CT molecular complexity index is 948. The molecule has 1 aliphatic heterocycles. The van der Waals surface area contributed by atoms with Crippen molar-refractivity contribution in [1.29, 1.82) is 0 Å². The van der Waals surface area contributed by atoms with E-state index < -0.39 is 0 Å². The number of aromatic nitrogens is 2. The summed E-state index contributed by atoms with van der Waals surface area (Å²) in [6.07, 6.45) is 1.78. The number of ether oxygens (including phenoxy) is 1. The number of nitrogens with one attached hydrogen (secondary N) is 1. The van der Waals surface area contributed by atoms with Crippen LogP contribution in [0.4, 0.5) is 5.69 Å². The van der Waals surface area contributed by atoms with E-state index in [0.29, 0.717) is 11.3 Å². The van der Waals surface area contributed by atoms with Crippen molar-refractivity contribution in [3.8, 4) is 0 Å². The minimum Gasteiger partial charge on any atom is -0.378 e. The maximum absolute atomic E-state index is 12.8. The Hall–Kier alpha value is -2.57. The number of nitrogens with zero attached hydrogens (tertiary/aromatic N) is 3. The van der Waals surface area contributed by atoms with Crippen molar-refractivity contribution < 1.29 is 9.53 Å². The van der Waals surface area contributed by atoms with Crippen LogP contribution >= 0.6 is 11.6 Å². The molecule has 0 aliphatic carbocycles. The van der Waals surface area contributed by atoms with Gasteiger partial charge in [-0.3, -0.25) is 9.20 Å².